The molecule has 2 amide bonds. The van der Waals surface area contributed by atoms with E-state index in [1.54, 1.807) is 11.3 Å². The fraction of sp³-hybridized carbons (Fsp3) is 0.647. The summed E-state index contributed by atoms with van der Waals surface area (Å²) in [6, 6.07) is 0. The zero-order valence-electron chi connectivity index (χ0n) is 13.1. The zero-order chi connectivity index (χ0) is 15.7. The lowest BCUT2D eigenvalue weighted by Gasteiger charge is -2.20. The van der Waals surface area contributed by atoms with Gasteiger partial charge in [-0.2, -0.15) is 0 Å². The van der Waals surface area contributed by atoms with Crippen molar-refractivity contribution in [3.8, 4) is 0 Å². The summed E-state index contributed by atoms with van der Waals surface area (Å²) < 4.78 is 0. The lowest BCUT2D eigenvalue weighted by molar-refractivity contribution is -0.120. The SMILES string of the molecule is C[C@H]1CCc2c(sc(NC(=O)C3CCCCC3)c2C(N)=O)C1. The van der Waals surface area contributed by atoms with Crippen LogP contribution in [0.15, 0.2) is 0 Å². The number of nitrogens with one attached hydrogen (secondary N) is 1. The number of fused-ring (bicyclic) bond motifs is 1. The monoisotopic (exact) mass is 320 g/mol. The van der Waals surface area contributed by atoms with Crippen molar-refractivity contribution in [2.75, 3.05) is 5.32 Å². The number of hydrogen-bond donors (Lipinski definition) is 2. The van der Waals surface area contributed by atoms with Crippen LogP contribution in [0.5, 0.6) is 0 Å². The van der Waals surface area contributed by atoms with Crippen LogP contribution in [0.25, 0.3) is 0 Å². The van der Waals surface area contributed by atoms with E-state index in [1.165, 1.54) is 11.3 Å². The molecular formula is C17H24N2O2S. The minimum Gasteiger partial charge on any atom is -0.365 e. The van der Waals surface area contributed by atoms with Gasteiger partial charge in [0.25, 0.3) is 5.91 Å². The average molecular weight is 320 g/mol. The van der Waals surface area contributed by atoms with Crippen molar-refractivity contribution in [1.82, 2.24) is 0 Å². The molecule has 5 heteroatoms. The van der Waals surface area contributed by atoms with E-state index in [0.717, 1.165) is 50.5 Å². The molecule has 0 radical (unpaired) electrons. The van der Waals surface area contributed by atoms with Gasteiger partial charge in [-0.1, -0.05) is 26.2 Å². The molecule has 1 saturated carbocycles. The number of anilines is 1. The smallest absolute Gasteiger partial charge is 0.251 e. The van der Waals surface area contributed by atoms with E-state index >= 15 is 0 Å². The molecule has 1 fully saturated rings. The minimum atomic E-state index is -0.411. The summed E-state index contributed by atoms with van der Waals surface area (Å²) >= 11 is 1.55. The van der Waals surface area contributed by atoms with E-state index in [1.807, 2.05) is 0 Å². The predicted octanol–water partition coefficient (Wildman–Crippen LogP) is 3.49. The van der Waals surface area contributed by atoms with Crippen LogP contribution in [0.4, 0.5) is 5.00 Å². The van der Waals surface area contributed by atoms with Crippen molar-refractivity contribution in [2.24, 2.45) is 17.6 Å². The first-order valence-electron chi connectivity index (χ1n) is 8.31. The molecule has 0 bridgehead atoms. The fourth-order valence-electron chi connectivity index (χ4n) is 3.68. The fourth-order valence-corrected chi connectivity index (χ4v) is 5.10. The summed E-state index contributed by atoms with van der Waals surface area (Å²) in [5.41, 5.74) is 7.23. The molecule has 3 N–H and O–H groups in total. The molecule has 1 aromatic heterocycles. The number of carbonyl (C=O) groups is 2. The molecule has 0 unspecified atom stereocenters. The van der Waals surface area contributed by atoms with Gasteiger partial charge in [0.1, 0.15) is 5.00 Å². The van der Waals surface area contributed by atoms with Crippen molar-refractivity contribution in [3.63, 3.8) is 0 Å². The van der Waals surface area contributed by atoms with Crippen LogP contribution >= 0.6 is 11.3 Å². The Labute approximate surface area is 135 Å². The molecule has 1 aromatic rings. The maximum absolute atomic E-state index is 12.5. The molecule has 2 aliphatic carbocycles. The van der Waals surface area contributed by atoms with Crippen LogP contribution in [0.3, 0.4) is 0 Å². The van der Waals surface area contributed by atoms with Gasteiger partial charge in [0.05, 0.1) is 5.56 Å². The first kappa shape index (κ1) is 15.5. The molecule has 0 spiro atoms. The number of primary amides is 1. The lowest BCUT2D eigenvalue weighted by atomic mass is 9.88. The Morgan fingerprint density at radius 3 is 2.59 bits per heavy atom. The molecule has 2 aliphatic rings. The maximum atomic E-state index is 12.5. The number of nitrogens with two attached hydrogens (primary N) is 1. The van der Waals surface area contributed by atoms with Crippen LogP contribution in [0.1, 0.15) is 66.2 Å². The van der Waals surface area contributed by atoms with Gasteiger partial charge in [-0.15, -0.1) is 11.3 Å². The van der Waals surface area contributed by atoms with Gasteiger partial charge >= 0.3 is 0 Å². The Bertz CT molecular complexity index is 588. The topological polar surface area (TPSA) is 72.2 Å². The van der Waals surface area contributed by atoms with Crippen LogP contribution < -0.4 is 11.1 Å². The van der Waals surface area contributed by atoms with Gasteiger partial charge in [0, 0.05) is 10.8 Å². The average Bonchev–Trinajstić information content (AvgIpc) is 2.85. The summed E-state index contributed by atoms with van der Waals surface area (Å²) in [5.74, 6) is 0.376. The first-order valence-corrected chi connectivity index (χ1v) is 9.13. The van der Waals surface area contributed by atoms with Gasteiger partial charge in [-0.05, 0) is 43.6 Å². The first-order chi connectivity index (χ1) is 10.6. The second-order valence-electron chi connectivity index (χ2n) is 6.74. The normalized spacial score (nSPS) is 22.1. The van der Waals surface area contributed by atoms with E-state index < -0.39 is 5.91 Å². The molecule has 4 nitrogen and oxygen atoms in total. The number of carbonyl (C=O) groups excluding carboxylic acids is 2. The van der Waals surface area contributed by atoms with Gasteiger partial charge in [0.15, 0.2) is 0 Å². The van der Waals surface area contributed by atoms with Crippen LogP contribution in [0.2, 0.25) is 0 Å². The second-order valence-corrected chi connectivity index (χ2v) is 7.85. The van der Waals surface area contributed by atoms with Crippen LogP contribution in [-0.4, -0.2) is 11.8 Å². The third-order valence-corrected chi connectivity index (χ3v) is 6.14. The highest BCUT2D eigenvalue weighted by molar-refractivity contribution is 7.17. The Balaban J connectivity index is 1.83. The largest absolute Gasteiger partial charge is 0.365 e. The highest BCUT2D eigenvalue weighted by Crippen LogP contribution is 2.40. The Morgan fingerprint density at radius 2 is 1.91 bits per heavy atom. The summed E-state index contributed by atoms with van der Waals surface area (Å²) in [4.78, 5) is 25.6. The Morgan fingerprint density at radius 1 is 1.18 bits per heavy atom. The Kier molecular flexibility index (Phi) is 4.52. The van der Waals surface area contributed by atoms with Gasteiger partial charge in [-0.3, -0.25) is 9.59 Å². The van der Waals surface area contributed by atoms with Gasteiger partial charge in [0.2, 0.25) is 5.91 Å². The predicted molar refractivity (Wildman–Crippen MR) is 89.2 cm³/mol. The number of thiophene rings is 1. The maximum Gasteiger partial charge on any atom is 0.251 e. The quantitative estimate of drug-likeness (QED) is 0.895. The van der Waals surface area contributed by atoms with E-state index in [9.17, 15) is 9.59 Å². The molecule has 0 aliphatic heterocycles. The highest BCUT2D eigenvalue weighted by atomic mass is 32.1. The standard InChI is InChI=1S/C17H24N2O2S/c1-10-7-8-12-13(9-10)22-17(14(12)15(18)20)19-16(21)11-5-3-2-4-6-11/h10-11H,2-9H2,1H3,(H2,18,20)(H,19,21)/t10-/m0/s1. The van der Waals surface area contributed by atoms with E-state index in [4.69, 9.17) is 5.73 Å². The minimum absolute atomic E-state index is 0.0637. The number of hydrogen-bond acceptors (Lipinski definition) is 3. The van der Waals surface area contributed by atoms with E-state index in [-0.39, 0.29) is 11.8 Å². The third kappa shape index (κ3) is 3.05. The van der Waals surface area contributed by atoms with E-state index in [0.29, 0.717) is 16.5 Å². The lowest BCUT2D eigenvalue weighted by Crippen LogP contribution is -2.26. The molecule has 0 saturated heterocycles. The van der Waals surface area contributed by atoms with Gasteiger partial charge < -0.3 is 11.1 Å². The molecule has 22 heavy (non-hydrogen) atoms. The number of amides is 2. The molecule has 1 heterocycles. The van der Waals surface area contributed by atoms with Crippen LogP contribution in [0, 0.1) is 11.8 Å². The van der Waals surface area contributed by atoms with Crippen molar-refractivity contribution in [1.29, 1.82) is 0 Å². The molecule has 120 valence electrons. The number of rotatable bonds is 3. The molecule has 0 aromatic carbocycles. The van der Waals surface area contributed by atoms with E-state index in [2.05, 4.69) is 12.2 Å². The second kappa shape index (κ2) is 6.41. The molecular weight excluding hydrogens is 296 g/mol. The molecule has 1 atom stereocenters. The zero-order valence-corrected chi connectivity index (χ0v) is 13.9. The van der Waals surface area contributed by atoms with Crippen molar-refractivity contribution in [2.45, 2.75) is 58.3 Å². The van der Waals surface area contributed by atoms with Crippen molar-refractivity contribution >= 4 is 28.2 Å². The molecule has 3 rings (SSSR count). The Hall–Kier alpha value is -1.36. The summed E-state index contributed by atoms with van der Waals surface area (Å²) in [7, 11) is 0. The van der Waals surface area contributed by atoms with Crippen molar-refractivity contribution in [3.05, 3.63) is 16.0 Å². The van der Waals surface area contributed by atoms with Gasteiger partial charge in [-0.25, -0.2) is 0 Å². The highest BCUT2D eigenvalue weighted by Gasteiger charge is 2.29. The van der Waals surface area contributed by atoms with Crippen LogP contribution in [-0.2, 0) is 17.6 Å². The van der Waals surface area contributed by atoms with Crippen molar-refractivity contribution < 1.29 is 9.59 Å². The summed E-state index contributed by atoms with van der Waals surface area (Å²) in [6.07, 6.45) is 8.35. The summed E-state index contributed by atoms with van der Waals surface area (Å²) in [5, 5.41) is 3.69. The summed E-state index contributed by atoms with van der Waals surface area (Å²) in [6.45, 7) is 2.23. The third-order valence-electron chi connectivity index (χ3n) is 4.97.